The average molecular weight is 556 g/mol. The monoisotopic (exact) mass is 555 g/mol. The van der Waals surface area contributed by atoms with E-state index in [1.54, 1.807) is 18.3 Å². The second-order valence-corrected chi connectivity index (χ2v) is 9.38. The smallest absolute Gasteiger partial charge is 0.239 e. The molecule has 0 saturated carbocycles. The van der Waals surface area contributed by atoms with Crippen molar-refractivity contribution in [3.05, 3.63) is 64.9 Å². The Labute approximate surface area is 229 Å². The molecule has 1 amide bonds. The summed E-state index contributed by atoms with van der Waals surface area (Å²) >= 11 is 0. The molecule has 2 aliphatic rings. The summed E-state index contributed by atoms with van der Waals surface area (Å²) in [6.45, 7) is 2.48. The molecule has 3 aromatic rings. The average Bonchev–Trinajstić information content (AvgIpc) is 3.39. The lowest BCUT2D eigenvalue weighted by Gasteiger charge is -2.29. The predicted molar refractivity (Wildman–Crippen MR) is 143 cm³/mol. The Kier molecular flexibility index (Phi) is 8.41. The van der Waals surface area contributed by atoms with Gasteiger partial charge in [-0.15, -0.1) is 0 Å². The second kappa shape index (κ2) is 12.3. The fourth-order valence-corrected chi connectivity index (χ4v) is 4.67. The lowest BCUT2D eigenvalue weighted by Crippen LogP contribution is -2.43. The highest BCUT2D eigenvalue weighted by Gasteiger charge is 2.23. The Morgan fingerprint density at radius 2 is 2.05 bits per heavy atom. The number of primary amides is 1. The number of ether oxygens (including phenoxy) is 3. The van der Waals surface area contributed by atoms with Gasteiger partial charge in [-0.25, -0.2) is 8.78 Å². The minimum absolute atomic E-state index is 0.0000849. The van der Waals surface area contributed by atoms with Crippen LogP contribution in [0.5, 0.6) is 11.5 Å². The fourth-order valence-electron chi connectivity index (χ4n) is 4.67. The predicted octanol–water partition coefficient (Wildman–Crippen LogP) is 1.08. The van der Waals surface area contributed by atoms with E-state index in [-0.39, 0.29) is 18.9 Å². The van der Waals surface area contributed by atoms with Crippen LogP contribution in [-0.2, 0) is 16.1 Å². The molecule has 5 rings (SSSR count). The quantitative estimate of drug-likeness (QED) is 0.300. The number of benzene rings is 2. The van der Waals surface area contributed by atoms with E-state index in [1.807, 2.05) is 0 Å². The highest BCUT2D eigenvalue weighted by molar-refractivity contribution is 5.78. The fraction of sp³-hybridized carbons (Fsp3) is 0.370. The Balaban J connectivity index is 1.47. The second-order valence-electron chi connectivity index (χ2n) is 9.38. The molecule has 1 saturated heterocycles. The minimum Gasteiger partial charge on any atom is -0.493 e. The summed E-state index contributed by atoms with van der Waals surface area (Å²) in [4.78, 5) is 17.5. The van der Waals surface area contributed by atoms with Gasteiger partial charge in [-0.1, -0.05) is 6.07 Å². The van der Waals surface area contributed by atoms with Gasteiger partial charge in [-0.3, -0.25) is 14.5 Å². The maximum absolute atomic E-state index is 14.9. The lowest BCUT2D eigenvalue weighted by atomic mass is 10.1. The largest absolute Gasteiger partial charge is 0.493 e. The van der Waals surface area contributed by atoms with Crippen molar-refractivity contribution in [1.82, 2.24) is 15.1 Å². The molecule has 0 unspecified atom stereocenters. The van der Waals surface area contributed by atoms with Gasteiger partial charge in [0.15, 0.2) is 23.1 Å². The molecule has 40 heavy (non-hydrogen) atoms. The van der Waals surface area contributed by atoms with Gasteiger partial charge in [0.25, 0.3) is 0 Å². The van der Waals surface area contributed by atoms with Crippen LogP contribution in [0, 0.1) is 11.6 Å². The van der Waals surface area contributed by atoms with E-state index in [1.165, 1.54) is 35.0 Å². The molecule has 0 atom stereocenters. The Hall–Kier alpha value is -4.23. The van der Waals surface area contributed by atoms with E-state index >= 15 is 0 Å². The maximum Gasteiger partial charge on any atom is 0.239 e. The van der Waals surface area contributed by atoms with E-state index in [4.69, 9.17) is 19.9 Å². The molecule has 0 aliphatic carbocycles. The zero-order chi connectivity index (χ0) is 28.1. The SMILES string of the molecule is COc1cc2c(cc1OCCNC1CCOCC1)=NCN(c1cccc(F)c1F)C=2Nc1cnn(CC(N)=O)c1. The van der Waals surface area contributed by atoms with Crippen molar-refractivity contribution in [1.29, 1.82) is 0 Å². The third-order valence-corrected chi connectivity index (χ3v) is 6.64. The lowest BCUT2D eigenvalue weighted by molar-refractivity contribution is -0.118. The number of nitrogens with two attached hydrogens (primary N) is 1. The van der Waals surface area contributed by atoms with Gasteiger partial charge in [0.1, 0.15) is 25.6 Å². The van der Waals surface area contributed by atoms with Crippen LogP contribution >= 0.6 is 0 Å². The highest BCUT2D eigenvalue weighted by Crippen LogP contribution is 2.28. The summed E-state index contributed by atoms with van der Waals surface area (Å²) in [7, 11) is 1.53. The summed E-state index contributed by atoms with van der Waals surface area (Å²) in [5.74, 6) is -1.16. The number of fused-ring (bicyclic) bond motifs is 1. The van der Waals surface area contributed by atoms with Crippen LogP contribution in [-0.4, -0.2) is 61.9 Å². The van der Waals surface area contributed by atoms with Gasteiger partial charge in [-0.2, -0.15) is 5.10 Å². The van der Waals surface area contributed by atoms with Crippen molar-refractivity contribution in [2.24, 2.45) is 10.7 Å². The van der Waals surface area contributed by atoms with Crippen LogP contribution in [0.4, 0.5) is 20.2 Å². The number of hydrogen-bond acceptors (Lipinski definition) is 9. The topological polar surface area (TPSA) is 128 Å². The number of anilines is 2. The molecular weight excluding hydrogens is 524 g/mol. The number of amides is 1. The molecule has 1 aromatic heterocycles. The molecule has 0 bridgehead atoms. The molecule has 2 aliphatic heterocycles. The van der Waals surface area contributed by atoms with Crippen molar-refractivity contribution in [2.45, 2.75) is 25.4 Å². The standard InChI is InChI=1S/C27H31F2N7O4/c1-38-23-11-19-21(12-24(23)40-10-7-31-17-5-8-39-9-6-17)32-16-36(22-4-2-3-20(28)26(22)29)27(19)34-18-13-33-35(14-18)15-25(30)37/h2-4,11-14,17,31,34H,5-10,15-16H2,1H3,(H2,30,37). The number of carbonyl (C=O) groups excluding carboxylic acids is 1. The number of nitrogens with one attached hydrogen (secondary N) is 2. The van der Waals surface area contributed by atoms with Crippen LogP contribution in [0.2, 0.25) is 0 Å². The summed E-state index contributed by atoms with van der Waals surface area (Å²) < 4.78 is 47.5. The normalized spacial score (nSPS) is 15.4. The zero-order valence-electron chi connectivity index (χ0n) is 22.0. The van der Waals surface area contributed by atoms with E-state index in [9.17, 15) is 13.6 Å². The van der Waals surface area contributed by atoms with E-state index in [0.29, 0.717) is 52.8 Å². The first-order valence-corrected chi connectivity index (χ1v) is 12.9. The molecule has 11 nitrogen and oxygen atoms in total. The van der Waals surface area contributed by atoms with Crippen LogP contribution in [0.15, 0.2) is 47.7 Å². The summed E-state index contributed by atoms with van der Waals surface area (Å²) in [6, 6.07) is 7.86. The molecule has 4 N–H and O–H groups in total. The number of rotatable bonds is 11. The number of hydrogen-bond donors (Lipinski definition) is 3. The Morgan fingerprint density at radius 1 is 1.23 bits per heavy atom. The van der Waals surface area contributed by atoms with Crippen LogP contribution < -0.4 is 41.3 Å². The van der Waals surface area contributed by atoms with E-state index in [0.717, 1.165) is 32.1 Å². The molecule has 2 aromatic carbocycles. The number of aromatic nitrogens is 2. The van der Waals surface area contributed by atoms with Gasteiger partial charge >= 0.3 is 0 Å². The Bertz CT molecular complexity index is 1490. The first kappa shape index (κ1) is 27.3. The summed E-state index contributed by atoms with van der Waals surface area (Å²) in [5, 5.41) is 12.0. The number of methoxy groups -OCH3 is 1. The van der Waals surface area contributed by atoms with Crippen LogP contribution in [0.3, 0.4) is 0 Å². The number of halogens is 2. The first-order chi connectivity index (χ1) is 19.4. The summed E-state index contributed by atoms with van der Waals surface area (Å²) in [5.41, 5.74) is 5.78. The molecule has 0 radical (unpaired) electrons. The highest BCUT2D eigenvalue weighted by atomic mass is 19.2. The van der Waals surface area contributed by atoms with E-state index < -0.39 is 17.5 Å². The molecule has 1 fully saturated rings. The van der Waals surface area contributed by atoms with Crippen molar-refractivity contribution >= 4 is 23.1 Å². The van der Waals surface area contributed by atoms with Crippen molar-refractivity contribution in [2.75, 3.05) is 50.4 Å². The van der Waals surface area contributed by atoms with Crippen molar-refractivity contribution in [3.63, 3.8) is 0 Å². The third kappa shape index (κ3) is 6.15. The minimum atomic E-state index is -1.01. The molecular formula is C27H31F2N7O4. The van der Waals surface area contributed by atoms with Crippen molar-refractivity contribution in [3.8, 4) is 11.5 Å². The molecule has 212 valence electrons. The molecule has 0 spiro atoms. The van der Waals surface area contributed by atoms with E-state index in [2.05, 4.69) is 20.7 Å². The number of nitrogens with zero attached hydrogens (tertiary/aromatic N) is 4. The first-order valence-electron chi connectivity index (χ1n) is 12.9. The van der Waals surface area contributed by atoms with Gasteiger partial charge < -0.3 is 35.5 Å². The van der Waals surface area contributed by atoms with Crippen LogP contribution in [0.25, 0.3) is 5.82 Å². The van der Waals surface area contributed by atoms with Crippen molar-refractivity contribution < 1.29 is 27.8 Å². The molecule has 13 heteroatoms. The number of carbonyl (C=O) groups is 1. The Morgan fingerprint density at radius 3 is 2.83 bits per heavy atom. The third-order valence-electron chi connectivity index (χ3n) is 6.64. The van der Waals surface area contributed by atoms with Gasteiger partial charge in [0.05, 0.1) is 30.0 Å². The maximum atomic E-state index is 14.9. The van der Waals surface area contributed by atoms with Gasteiger partial charge in [0.2, 0.25) is 5.91 Å². The molecule has 3 heterocycles. The van der Waals surface area contributed by atoms with Gasteiger partial charge in [-0.05, 0) is 31.0 Å². The zero-order valence-corrected chi connectivity index (χ0v) is 22.0. The van der Waals surface area contributed by atoms with Gasteiger partial charge in [0, 0.05) is 43.3 Å². The van der Waals surface area contributed by atoms with Crippen LogP contribution in [0.1, 0.15) is 12.8 Å². The summed E-state index contributed by atoms with van der Waals surface area (Å²) in [6.07, 6.45) is 5.03.